The summed E-state index contributed by atoms with van der Waals surface area (Å²) in [5.41, 5.74) is 16.2. The third-order valence-corrected chi connectivity index (χ3v) is 10.9. The Balaban J connectivity index is 1.09. The minimum atomic E-state index is 0.823. The molecular weight excluding hydrogens is 659 g/mol. The maximum Gasteiger partial charge on any atom is 0.137 e. The maximum absolute atomic E-state index is 5.09. The lowest BCUT2D eigenvalue weighted by atomic mass is 9.92. The third kappa shape index (κ3) is 4.72. The minimum absolute atomic E-state index is 0.823. The SMILES string of the molecule is C1=C(c2ccc3cc(N4c5ccccc5-c5c(n(-c6ccc(-c7cccnc7)cn6)c6ccccc56)-c5ccccc54)ccc3c2)c2ccccc2NC1. The molecule has 254 valence electrons. The van der Waals surface area contributed by atoms with Gasteiger partial charge in [0.1, 0.15) is 5.82 Å². The highest BCUT2D eigenvalue weighted by molar-refractivity contribution is 6.13. The topological polar surface area (TPSA) is 46.0 Å². The lowest BCUT2D eigenvalue weighted by Gasteiger charge is -2.28. The highest BCUT2D eigenvalue weighted by Crippen LogP contribution is 2.54. The summed E-state index contributed by atoms with van der Waals surface area (Å²) in [4.78, 5) is 11.9. The zero-order chi connectivity index (χ0) is 35.6. The van der Waals surface area contributed by atoms with E-state index in [1.807, 2.05) is 18.5 Å². The Morgan fingerprint density at radius 1 is 0.556 bits per heavy atom. The Hall–Kier alpha value is -7.24. The number of pyridine rings is 2. The molecule has 54 heavy (non-hydrogen) atoms. The fraction of sp³-hybridized carbons (Fsp3) is 0.0204. The second-order valence-corrected chi connectivity index (χ2v) is 13.9. The van der Waals surface area contributed by atoms with Crippen LogP contribution in [-0.4, -0.2) is 21.1 Å². The average molecular weight is 692 g/mol. The first-order valence-electron chi connectivity index (χ1n) is 18.4. The molecule has 0 saturated heterocycles. The van der Waals surface area contributed by atoms with Crippen molar-refractivity contribution in [2.45, 2.75) is 0 Å². The summed E-state index contributed by atoms with van der Waals surface area (Å²) in [6, 6.07) is 56.9. The quantitative estimate of drug-likeness (QED) is 0.200. The van der Waals surface area contributed by atoms with E-state index >= 15 is 0 Å². The zero-order valence-corrected chi connectivity index (χ0v) is 29.3. The van der Waals surface area contributed by atoms with E-state index in [4.69, 9.17) is 4.98 Å². The van der Waals surface area contributed by atoms with Crippen LogP contribution in [0.15, 0.2) is 182 Å². The number of hydrogen-bond acceptors (Lipinski definition) is 4. The van der Waals surface area contributed by atoms with Gasteiger partial charge in [-0.1, -0.05) is 103 Å². The van der Waals surface area contributed by atoms with Crippen LogP contribution in [0.5, 0.6) is 0 Å². The molecular formula is C49H33N5. The van der Waals surface area contributed by atoms with Gasteiger partial charge in [0.25, 0.3) is 0 Å². The van der Waals surface area contributed by atoms with Gasteiger partial charge < -0.3 is 10.2 Å². The molecule has 1 N–H and O–H groups in total. The molecule has 5 nitrogen and oxygen atoms in total. The van der Waals surface area contributed by atoms with Crippen molar-refractivity contribution >= 4 is 50.0 Å². The number of aromatic nitrogens is 3. The zero-order valence-electron chi connectivity index (χ0n) is 29.3. The van der Waals surface area contributed by atoms with Crippen LogP contribution in [0.4, 0.5) is 22.7 Å². The highest BCUT2D eigenvalue weighted by Gasteiger charge is 2.31. The summed E-state index contributed by atoms with van der Waals surface area (Å²) < 4.78 is 2.34. The highest BCUT2D eigenvalue weighted by atomic mass is 15.2. The van der Waals surface area contributed by atoms with Crippen LogP contribution in [0.1, 0.15) is 11.1 Å². The second kappa shape index (κ2) is 12.2. The number of anilines is 4. The number of fused-ring (bicyclic) bond motifs is 9. The van der Waals surface area contributed by atoms with Crippen molar-refractivity contribution in [2.75, 3.05) is 16.8 Å². The first kappa shape index (κ1) is 30.4. The molecule has 0 bridgehead atoms. The molecule has 2 aliphatic heterocycles. The van der Waals surface area contributed by atoms with Crippen LogP contribution in [0.3, 0.4) is 0 Å². The third-order valence-electron chi connectivity index (χ3n) is 10.9. The van der Waals surface area contributed by atoms with Crippen LogP contribution in [0, 0.1) is 0 Å². The van der Waals surface area contributed by atoms with E-state index in [-0.39, 0.29) is 0 Å². The van der Waals surface area contributed by atoms with Crippen molar-refractivity contribution < 1.29 is 0 Å². The van der Waals surface area contributed by atoms with Gasteiger partial charge in [-0.25, -0.2) is 4.98 Å². The minimum Gasteiger partial charge on any atom is -0.381 e. The van der Waals surface area contributed by atoms with E-state index in [0.717, 1.165) is 57.3 Å². The summed E-state index contributed by atoms with van der Waals surface area (Å²) in [6.07, 6.45) is 7.93. The average Bonchev–Trinajstić information content (AvgIpc) is 3.52. The molecule has 0 saturated carbocycles. The van der Waals surface area contributed by atoms with Crippen molar-refractivity contribution in [1.82, 2.24) is 14.5 Å². The van der Waals surface area contributed by atoms with Crippen molar-refractivity contribution in [3.05, 3.63) is 194 Å². The lowest BCUT2D eigenvalue weighted by molar-refractivity contribution is 1.05. The molecule has 2 aliphatic rings. The van der Waals surface area contributed by atoms with Gasteiger partial charge >= 0.3 is 0 Å². The Morgan fingerprint density at radius 2 is 1.28 bits per heavy atom. The summed E-state index contributed by atoms with van der Waals surface area (Å²) in [5, 5.41) is 7.11. The smallest absolute Gasteiger partial charge is 0.137 e. The van der Waals surface area contributed by atoms with Crippen molar-refractivity contribution in [1.29, 1.82) is 0 Å². The number of hydrogen-bond donors (Lipinski definition) is 1. The van der Waals surface area contributed by atoms with Gasteiger partial charge in [-0.3, -0.25) is 9.55 Å². The molecule has 5 heterocycles. The molecule has 0 amide bonds. The van der Waals surface area contributed by atoms with Crippen molar-refractivity contribution in [3.63, 3.8) is 0 Å². The first-order chi connectivity index (χ1) is 26.8. The first-order valence-corrected chi connectivity index (χ1v) is 18.4. The number of nitrogens with zero attached hydrogens (tertiary/aromatic N) is 4. The maximum atomic E-state index is 5.09. The van der Waals surface area contributed by atoms with Crippen LogP contribution < -0.4 is 10.2 Å². The Morgan fingerprint density at radius 3 is 2.13 bits per heavy atom. The van der Waals surface area contributed by atoms with Crippen LogP contribution in [0.2, 0.25) is 0 Å². The summed E-state index contributed by atoms with van der Waals surface area (Å²) >= 11 is 0. The van der Waals surface area contributed by atoms with Crippen LogP contribution >= 0.6 is 0 Å². The molecule has 0 unspecified atom stereocenters. The molecule has 0 spiro atoms. The normalized spacial score (nSPS) is 13.0. The Bertz CT molecular complexity index is 2940. The monoisotopic (exact) mass is 691 g/mol. The van der Waals surface area contributed by atoms with Gasteiger partial charge in [-0.05, 0) is 82.6 Å². The van der Waals surface area contributed by atoms with Gasteiger partial charge in [-0.15, -0.1) is 0 Å². The fourth-order valence-electron chi connectivity index (χ4n) is 8.44. The molecule has 0 aliphatic carbocycles. The predicted octanol–water partition coefficient (Wildman–Crippen LogP) is 12.2. The summed E-state index contributed by atoms with van der Waals surface area (Å²) in [7, 11) is 0. The Labute approximate surface area is 313 Å². The number of rotatable bonds is 4. The van der Waals surface area contributed by atoms with E-state index in [9.17, 15) is 0 Å². The molecule has 0 radical (unpaired) electrons. The molecule has 0 atom stereocenters. The van der Waals surface area contributed by atoms with Gasteiger partial charge in [-0.2, -0.15) is 0 Å². The van der Waals surface area contributed by atoms with Crippen LogP contribution in [0.25, 0.3) is 66.6 Å². The van der Waals surface area contributed by atoms with Crippen molar-refractivity contribution in [2.24, 2.45) is 0 Å². The standard InChI is InChI=1S/C49H33N5/c1-5-15-43-39(11-1)38(25-27-51-43)34-20-19-33-29-37(23-21-32(33)28-34)53-44-16-6-2-12-40(44)48-41-13-3-7-17-45(41)54(49(48)42-14-4-8-18-46(42)53)47-24-22-36(31-52-47)35-10-9-26-50-30-35/h1-26,28-31,51H,27H2. The summed E-state index contributed by atoms with van der Waals surface area (Å²) in [5.74, 6) is 0.869. The number of benzene rings is 6. The van der Waals surface area contributed by atoms with Gasteiger partial charge in [0.15, 0.2) is 0 Å². The van der Waals surface area contributed by atoms with Crippen molar-refractivity contribution in [3.8, 4) is 39.3 Å². The van der Waals surface area contributed by atoms with E-state index in [0.29, 0.717) is 0 Å². The second-order valence-electron chi connectivity index (χ2n) is 13.9. The molecule has 6 aromatic carbocycles. The summed E-state index contributed by atoms with van der Waals surface area (Å²) in [6.45, 7) is 0.823. The largest absolute Gasteiger partial charge is 0.381 e. The van der Waals surface area contributed by atoms with Gasteiger partial charge in [0.2, 0.25) is 0 Å². The van der Waals surface area contributed by atoms with Crippen LogP contribution in [-0.2, 0) is 0 Å². The molecule has 0 fully saturated rings. The predicted molar refractivity (Wildman–Crippen MR) is 223 cm³/mol. The fourth-order valence-corrected chi connectivity index (χ4v) is 8.44. The Kier molecular flexibility index (Phi) is 6.85. The van der Waals surface area contributed by atoms with E-state index in [1.54, 1.807) is 6.20 Å². The molecule has 9 aromatic rings. The number of nitrogens with one attached hydrogen (secondary N) is 1. The van der Waals surface area contributed by atoms with E-state index in [2.05, 4.69) is 178 Å². The van der Waals surface area contributed by atoms with E-state index in [1.165, 1.54) is 49.7 Å². The molecule has 5 heteroatoms. The van der Waals surface area contributed by atoms with Gasteiger partial charge in [0, 0.05) is 75.3 Å². The molecule has 3 aromatic heterocycles. The van der Waals surface area contributed by atoms with E-state index < -0.39 is 0 Å². The van der Waals surface area contributed by atoms with Gasteiger partial charge in [0.05, 0.1) is 22.6 Å². The molecule has 11 rings (SSSR count). The lowest BCUT2D eigenvalue weighted by Crippen LogP contribution is -2.11. The number of para-hydroxylation sites is 4.